The number of hydrogen-bond donors (Lipinski definition) is 3. The van der Waals surface area contributed by atoms with Gasteiger partial charge in [0.1, 0.15) is 18.0 Å². The molecule has 0 radical (unpaired) electrons. The van der Waals surface area contributed by atoms with Gasteiger partial charge in [0, 0.05) is 17.7 Å². The molecular formula is C13H18N6. The molecule has 1 aromatic rings. The second kappa shape index (κ2) is 5.65. The smallest absolute Gasteiger partial charge is 0.140 e. The van der Waals surface area contributed by atoms with Crippen LogP contribution in [0.15, 0.2) is 6.33 Å². The molecule has 0 aromatic carbocycles. The normalized spacial score (nSPS) is 22.5. The van der Waals surface area contributed by atoms with Gasteiger partial charge in [0.2, 0.25) is 0 Å². The minimum Gasteiger partial charge on any atom is -0.383 e. The molecule has 0 atom stereocenters. The van der Waals surface area contributed by atoms with Crippen LogP contribution < -0.4 is 11.1 Å². The van der Waals surface area contributed by atoms with Crippen molar-refractivity contribution in [1.29, 1.82) is 10.7 Å². The molecule has 2 rings (SSSR count). The van der Waals surface area contributed by atoms with Crippen molar-refractivity contribution in [1.82, 2.24) is 9.97 Å². The van der Waals surface area contributed by atoms with E-state index in [1.54, 1.807) is 6.92 Å². The third-order valence-corrected chi connectivity index (χ3v) is 3.50. The van der Waals surface area contributed by atoms with Crippen LogP contribution in [0.5, 0.6) is 0 Å². The first kappa shape index (κ1) is 13.3. The van der Waals surface area contributed by atoms with Gasteiger partial charge in [-0.1, -0.05) is 0 Å². The largest absolute Gasteiger partial charge is 0.383 e. The Morgan fingerprint density at radius 1 is 1.42 bits per heavy atom. The summed E-state index contributed by atoms with van der Waals surface area (Å²) in [6, 6.07) is 2.61. The third kappa shape index (κ3) is 2.99. The number of nitrogens with two attached hydrogens (primary N) is 1. The van der Waals surface area contributed by atoms with Gasteiger partial charge in [0.05, 0.1) is 11.6 Å². The summed E-state index contributed by atoms with van der Waals surface area (Å²) in [7, 11) is 0. The molecule has 6 heteroatoms. The van der Waals surface area contributed by atoms with Crippen LogP contribution in [0, 0.1) is 22.7 Å². The molecule has 0 bridgehead atoms. The van der Waals surface area contributed by atoms with Crippen molar-refractivity contribution in [3.8, 4) is 6.07 Å². The first-order valence-corrected chi connectivity index (χ1v) is 6.44. The number of rotatable bonds is 3. The van der Waals surface area contributed by atoms with Gasteiger partial charge >= 0.3 is 0 Å². The average Bonchev–Trinajstić information content (AvgIpc) is 2.39. The van der Waals surface area contributed by atoms with Crippen molar-refractivity contribution in [3.05, 3.63) is 11.9 Å². The fourth-order valence-electron chi connectivity index (χ4n) is 2.44. The van der Waals surface area contributed by atoms with E-state index in [1.165, 1.54) is 6.33 Å². The first-order valence-electron chi connectivity index (χ1n) is 6.44. The highest BCUT2D eigenvalue weighted by Crippen LogP contribution is 2.27. The summed E-state index contributed by atoms with van der Waals surface area (Å²) < 4.78 is 0. The maximum Gasteiger partial charge on any atom is 0.140 e. The fourth-order valence-corrected chi connectivity index (χ4v) is 2.44. The number of nitrogens with zero attached hydrogens (tertiary/aromatic N) is 3. The molecule has 0 aliphatic heterocycles. The number of nitrogen functional groups attached to an aromatic ring is 1. The zero-order chi connectivity index (χ0) is 13.8. The Labute approximate surface area is 112 Å². The lowest BCUT2D eigenvalue weighted by Crippen LogP contribution is -2.27. The molecule has 19 heavy (non-hydrogen) atoms. The van der Waals surface area contributed by atoms with E-state index in [9.17, 15) is 0 Å². The van der Waals surface area contributed by atoms with E-state index in [-0.39, 0.29) is 12.0 Å². The summed E-state index contributed by atoms with van der Waals surface area (Å²) in [5, 5.41) is 20.0. The SMILES string of the molecule is CC(=N)c1c(N)ncnc1NC1CCC(C#N)CC1. The zero-order valence-corrected chi connectivity index (χ0v) is 11.0. The van der Waals surface area contributed by atoms with Crippen LogP contribution in [0.3, 0.4) is 0 Å². The Morgan fingerprint density at radius 3 is 2.68 bits per heavy atom. The van der Waals surface area contributed by atoms with Crippen LogP contribution in [-0.2, 0) is 0 Å². The lowest BCUT2D eigenvalue weighted by Gasteiger charge is -2.26. The van der Waals surface area contributed by atoms with Crippen molar-refractivity contribution in [2.75, 3.05) is 11.1 Å². The van der Waals surface area contributed by atoms with E-state index in [0.29, 0.717) is 22.9 Å². The second-order valence-electron chi connectivity index (χ2n) is 4.93. The summed E-state index contributed by atoms with van der Waals surface area (Å²) >= 11 is 0. The lowest BCUT2D eigenvalue weighted by molar-refractivity contribution is 0.397. The minimum absolute atomic E-state index is 0.178. The molecule has 1 aromatic heterocycles. The molecule has 1 aliphatic rings. The van der Waals surface area contributed by atoms with Gasteiger partial charge in [-0.2, -0.15) is 5.26 Å². The van der Waals surface area contributed by atoms with Crippen LogP contribution in [-0.4, -0.2) is 21.7 Å². The Hall–Kier alpha value is -2.16. The fraction of sp³-hybridized carbons (Fsp3) is 0.538. The van der Waals surface area contributed by atoms with Gasteiger partial charge < -0.3 is 16.5 Å². The van der Waals surface area contributed by atoms with Crippen molar-refractivity contribution in [2.45, 2.75) is 38.6 Å². The van der Waals surface area contributed by atoms with Gasteiger partial charge in [-0.25, -0.2) is 9.97 Å². The molecule has 0 saturated heterocycles. The second-order valence-corrected chi connectivity index (χ2v) is 4.93. The van der Waals surface area contributed by atoms with Crippen LogP contribution in [0.25, 0.3) is 0 Å². The topological polar surface area (TPSA) is 111 Å². The van der Waals surface area contributed by atoms with E-state index >= 15 is 0 Å². The van der Waals surface area contributed by atoms with E-state index in [4.69, 9.17) is 16.4 Å². The number of anilines is 2. The lowest BCUT2D eigenvalue weighted by atomic mass is 9.87. The Morgan fingerprint density at radius 2 is 2.11 bits per heavy atom. The number of nitriles is 1. The summed E-state index contributed by atoms with van der Waals surface area (Å²) in [4.78, 5) is 8.11. The van der Waals surface area contributed by atoms with Crippen molar-refractivity contribution in [3.63, 3.8) is 0 Å². The molecule has 0 unspecified atom stereocenters. The molecule has 100 valence electrons. The number of aromatic nitrogens is 2. The molecule has 0 spiro atoms. The maximum absolute atomic E-state index is 8.88. The highest BCUT2D eigenvalue weighted by molar-refractivity contribution is 6.04. The quantitative estimate of drug-likeness (QED) is 0.717. The van der Waals surface area contributed by atoms with E-state index in [1.807, 2.05) is 0 Å². The van der Waals surface area contributed by atoms with Crippen molar-refractivity contribution >= 4 is 17.3 Å². The molecule has 6 nitrogen and oxygen atoms in total. The van der Waals surface area contributed by atoms with Gasteiger partial charge in [0.25, 0.3) is 0 Å². The predicted octanol–water partition coefficient (Wildman–Crippen LogP) is 1.94. The predicted molar refractivity (Wildman–Crippen MR) is 73.9 cm³/mol. The van der Waals surface area contributed by atoms with Gasteiger partial charge in [-0.05, 0) is 32.6 Å². The van der Waals surface area contributed by atoms with E-state index < -0.39 is 0 Å². The van der Waals surface area contributed by atoms with Gasteiger partial charge in [0.15, 0.2) is 0 Å². The van der Waals surface area contributed by atoms with Crippen LogP contribution in [0.2, 0.25) is 0 Å². The summed E-state index contributed by atoms with van der Waals surface area (Å²) in [5.41, 5.74) is 6.72. The molecule has 1 saturated carbocycles. The molecular weight excluding hydrogens is 240 g/mol. The molecule has 1 aliphatic carbocycles. The summed E-state index contributed by atoms with van der Waals surface area (Å²) in [5.74, 6) is 1.13. The van der Waals surface area contributed by atoms with Crippen LogP contribution >= 0.6 is 0 Å². The first-order chi connectivity index (χ1) is 9.11. The summed E-state index contributed by atoms with van der Waals surface area (Å²) in [6.45, 7) is 1.67. The zero-order valence-electron chi connectivity index (χ0n) is 11.0. The maximum atomic E-state index is 8.88. The number of hydrogen-bond acceptors (Lipinski definition) is 6. The summed E-state index contributed by atoms with van der Waals surface area (Å²) in [6.07, 6.45) is 5.11. The van der Waals surface area contributed by atoms with Gasteiger partial charge in [-0.15, -0.1) is 0 Å². The average molecular weight is 258 g/mol. The van der Waals surface area contributed by atoms with E-state index in [0.717, 1.165) is 25.7 Å². The highest BCUT2D eigenvalue weighted by Gasteiger charge is 2.22. The van der Waals surface area contributed by atoms with E-state index in [2.05, 4.69) is 21.4 Å². The minimum atomic E-state index is 0.178. The standard InChI is InChI=1S/C13H18N6/c1-8(15)11-12(16)17-7-18-13(11)19-10-4-2-9(6-14)3-5-10/h7,9-10,15H,2-5H2,1H3,(H3,16,17,18,19). The number of nitrogens with one attached hydrogen (secondary N) is 2. The Bertz CT molecular complexity index is 510. The highest BCUT2D eigenvalue weighted by atomic mass is 15.1. The van der Waals surface area contributed by atoms with Crippen molar-refractivity contribution in [2.24, 2.45) is 5.92 Å². The molecule has 1 fully saturated rings. The molecule has 1 heterocycles. The van der Waals surface area contributed by atoms with Gasteiger partial charge in [-0.3, -0.25) is 0 Å². The van der Waals surface area contributed by atoms with Crippen LogP contribution in [0.4, 0.5) is 11.6 Å². The molecule has 4 N–H and O–H groups in total. The Balaban J connectivity index is 2.10. The van der Waals surface area contributed by atoms with Crippen LogP contribution in [0.1, 0.15) is 38.2 Å². The third-order valence-electron chi connectivity index (χ3n) is 3.50. The molecule has 0 amide bonds. The van der Waals surface area contributed by atoms with Crippen molar-refractivity contribution < 1.29 is 0 Å². The monoisotopic (exact) mass is 258 g/mol. The Kier molecular flexibility index (Phi) is 3.95.